The van der Waals surface area contributed by atoms with Crippen molar-refractivity contribution in [2.75, 3.05) is 7.05 Å². The van der Waals surface area contributed by atoms with Gasteiger partial charge < -0.3 is 5.11 Å². The van der Waals surface area contributed by atoms with Gasteiger partial charge in [0.25, 0.3) is 0 Å². The molecule has 0 aromatic heterocycles. The molecule has 7 heteroatoms. The summed E-state index contributed by atoms with van der Waals surface area (Å²) in [5.41, 5.74) is 0.669. The quantitative estimate of drug-likeness (QED) is 0.930. The van der Waals surface area contributed by atoms with Crippen LogP contribution in [0.5, 0.6) is 0 Å². The van der Waals surface area contributed by atoms with E-state index in [4.69, 9.17) is 16.7 Å². The molecular weight excluding hydrogens is 288 g/mol. The fraction of sp³-hybridized carbons (Fsp3) is 0.250. The molecule has 19 heavy (non-hydrogen) atoms. The van der Waals surface area contributed by atoms with Crippen molar-refractivity contribution < 1.29 is 14.7 Å². The minimum absolute atomic E-state index is 0.201. The predicted molar refractivity (Wildman–Crippen MR) is 74.9 cm³/mol. The number of carbonyl (C=O) groups excluding carboxylic acids is 1. The van der Waals surface area contributed by atoms with Gasteiger partial charge in [-0.1, -0.05) is 23.4 Å². The third kappa shape index (κ3) is 3.27. The van der Waals surface area contributed by atoms with Gasteiger partial charge in [-0.3, -0.25) is 14.5 Å². The van der Waals surface area contributed by atoms with Crippen molar-refractivity contribution in [2.24, 2.45) is 4.99 Å². The van der Waals surface area contributed by atoms with Gasteiger partial charge in [0.05, 0.1) is 12.1 Å². The normalized spacial score (nSPS) is 21.2. The molecule has 2 rings (SSSR count). The highest BCUT2D eigenvalue weighted by Crippen LogP contribution is 2.30. The lowest BCUT2D eigenvalue weighted by Gasteiger charge is -2.08. The number of amides is 1. The second kappa shape index (κ2) is 5.63. The van der Waals surface area contributed by atoms with Crippen LogP contribution in [0.2, 0.25) is 5.02 Å². The van der Waals surface area contributed by atoms with Crippen LogP contribution in [0.25, 0.3) is 0 Å². The first-order valence-electron chi connectivity index (χ1n) is 5.47. The van der Waals surface area contributed by atoms with Crippen LogP contribution in [-0.4, -0.2) is 39.3 Å². The van der Waals surface area contributed by atoms with Gasteiger partial charge in [0.15, 0.2) is 5.17 Å². The number of hydrogen-bond donors (Lipinski definition) is 1. The molecule has 1 unspecified atom stereocenters. The van der Waals surface area contributed by atoms with Crippen LogP contribution in [-0.2, 0) is 9.59 Å². The van der Waals surface area contributed by atoms with Gasteiger partial charge in [0, 0.05) is 12.1 Å². The van der Waals surface area contributed by atoms with Crippen LogP contribution in [0.4, 0.5) is 5.69 Å². The van der Waals surface area contributed by atoms with Crippen molar-refractivity contribution in [1.29, 1.82) is 0 Å². The minimum atomic E-state index is -0.994. The number of aliphatic imine (C=N–C) groups is 1. The molecule has 1 aliphatic heterocycles. The number of carboxylic acids is 1. The zero-order valence-corrected chi connectivity index (χ0v) is 11.6. The summed E-state index contributed by atoms with van der Waals surface area (Å²) in [6.45, 7) is 0. The molecule has 0 spiro atoms. The largest absolute Gasteiger partial charge is 0.481 e. The second-order valence-electron chi connectivity index (χ2n) is 3.97. The Hall–Kier alpha value is -1.53. The van der Waals surface area contributed by atoms with Crippen molar-refractivity contribution in [2.45, 2.75) is 11.7 Å². The van der Waals surface area contributed by atoms with Crippen LogP contribution in [0, 0.1) is 0 Å². The van der Waals surface area contributed by atoms with Crippen LogP contribution in [0.3, 0.4) is 0 Å². The topological polar surface area (TPSA) is 70.0 Å². The first kappa shape index (κ1) is 13.9. The fourth-order valence-corrected chi connectivity index (χ4v) is 2.85. The Morgan fingerprint density at radius 3 is 2.68 bits per heavy atom. The summed E-state index contributed by atoms with van der Waals surface area (Å²) >= 11 is 6.94. The summed E-state index contributed by atoms with van der Waals surface area (Å²) in [5, 5.41) is 9.25. The summed E-state index contributed by atoms with van der Waals surface area (Å²) in [4.78, 5) is 28.2. The number of carbonyl (C=O) groups is 2. The number of nitrogens with zero attached hydrogens (tertiary/aromatic N) is 2. The van der Waals surface area contributed by atoms with E-state index in [1.165, 1.54) is 16.7 Å². The van der Waals surface area contributed by atoms with Crippen molar-refractivity contribution in [3.8, 4) is 0 Å². The van der Waals surface area contributed by atoms with Crippen LogP contribution in [0.1, 0.15) is 6.42 Å². The average Bonchev–Trinajstić information content (AvgIpc) is 2.60. The lowest BCUT2D eigenvalue weighted by atomic mass is 10.3. The van der Waals surface area contributed by atoms with E-state index in [1.807, 2.05) is 0 Å². The monoisotopic (exact) mass is 298 g/mol. The Morgan fingerprint density at radius 1 is 1.47 bits per heavy atom. The summed E-state index contributed by atoms with van der Waals surface area (Å²) < 4.78 is 0. The fourth-order valence-electron chi connectivity index (χ4n) is 1.58. The highest BCUT2D eigenvalue weighted by atomic mass is 35.5. The molecule has 1 atom stereocenters. The molecule has 0 radical (unpaired) electrons. The zero-order valence-electron chi connectivity index (χ0n) is 10.0. The van der Waals surface area contributed by atoms with E-state index in [-0.39, 0.29) is 12.3 Å². The Kier molecular flexibility index (Phi) is 4.11. The number of halogens is 1. The number of aliphatic carboxylic acids is 1. The first-order valence-corrected chi connectivity index (χ1v) is 6.73. The number of carboxylic acid groups (broad SMARTS) is 1. The lowest BCUT2D eigenvalue weighted by molar-refractivity contribution is -0.139. The van der Waals surface area contributed by atoms with Crippen LogP contribution >= 0.6 is 23.4 Å². The van der Waals surface area contributed by atoms with Gasteiger partial charge in [0.2, 0.25) is 5.91 Å². The first-order chi connectivity index (χ1) is 8.97. The highest BCUT2D eigenvalue weighted by molar-refractivity contribution is 8.15. The summed E-state index contributed by atoms with van der Waals surface area (Å²) in [7, 11) is 1.59. The zero-order chi connectivity index (χ0) is 14.0. The van der Waals surface area contributed by atoms with E-state index in [0.717, 1.165) is 0 Å². The predicted octanol–water partition coefficient (Wildman–Crippen LogP) is 2.38. The number of amidine groups is 1. The smallest absolute Gasteiger partial charge is 0.305 e. The van der Waals surface area contributed by atoms with E-state index in [2.05, 4.69) is 4.99 Å². The molecule has 1 aromatic carbocycles. The molecule has 1 N–H and O–H groups in total. The van der Waals surface area contributed by atoms with Gasteiger partial charge >= 0.3 is 5.97 Å². The molecule has 1 heterocycles. The summed E-state index contributed by atoms with van der Waals surface area (Å²) in [6.07, 6.45) is -0.201. The van der Waals surface area contributed by atoms with Gasteiger partial charge in [0.1, 0.15) is 5.25 Å². The molecule has 1 aliphatic rings. The maximum atomic E-state index is 11.8. The maximum absolute atomic E-state index is 11.8. The molecule has 1 aromatic rings. The Balaban J connectivity index is 2.19. The average molecular weight is 299 g/mol. The minimum Gasteiger partial charge on any atom is -0.481 e. The van der Waals surface area contributed by atoms with Gasteiger partial charge in [-0.2, -0.15) is 0 Å². The summed E-state index contributed by atoms with van der Waals surface area (Å²) in [5.74, 6) is -1.23. The van der Waals surface area contributed by atoms with Gasteiger partial charge in [-0.15, -0.1) is 0 Å². The molecule has 0 aliphatic carbocycles. The third-order valence-corrected chi connectivity index (χ3v) is 4.03. The van der Waals surface area contributed by atoms with Crippen LogP contribution in [0.15, 0.2) is 29.3 Å². The molecular formula is C12H11ClN2O3S. The van der Waals surface area contributed by atoms with Crippen molar-refractivity contribution in [3.63, 3.8) is 0 Å². The van der Waals surface area contributed by atoms with E-state index in [9.17, 15) is 9.59 Å². The third-order valence-electron chi connectivity index (χ3n) is 2.55. The van der Waals surface area contributed by atoms with Crippen molar-refractivity contribution in [3.05, 3.63) is 29.3 Å². The number of thioether (sulfide) groups is 1. The van der Waals surface area contributed by atoms with Crippen molar-refractivity contribution in [1.82, 2.24) is 4.90 Å². The number of benzene rings is 1. The van der Waals surface area contributed by atoms with E-state index in [1.54, 1.807) is 31.3 Å². The second-order valence-corrected chi connectivity index (χ2v) is 5.58. The Bertz CT molecular complexity index is 544. The molecule has 1 amide bonds. The van der Waals surface area contributed by atoms with Crippen LogP contribution < -0.4 is 0 Å². The Morgan fingerprint density at radius 2 is 2.11 bits per heavy atom. The highest BCUT2D eigenvalue weighted by Gasteiger charge is 2.36. The molecule has 100 valence electrons. The molecule has 0 saturated carbocycles. The van der Waals surface area contributed by atoms with Gasteiger partial charge in [-0.05, 0) is 24.3 Å². The number of rotatable bonds is 3. The van der Waals surface area contributed by atoms with E-state index in [0.29, 0.717) is 15.9 Å². The molecule has 5 nitrogen and oxygen atoms in total. The molecule has 0 bridgehead atoms. The van der Waals surface area contributed by atoms with Gasteiger partial charge in [-0.25, -0.2) is 4.99 Å². The standard InChI is InChI=1S/C12H11ClN2O3S/c1-15-11(18)9(6-10(16)17)19-12(15)14-8-4-2-7(13)3-5-8/h2-5,9H,6H2,1H3,(H,16,17). The molecule has 1 fully saturated rings. The SMILES string of the molecule is CN1C(=O)C(CC(=O)O)SC1=Nc1ccc(Cl)cc1. The summed E-state index contributed by atoms with van der Waals surface area (Å²) in [6, 6.07) is 6.88. The molecule has 1 saturated heterocycles. The van der Waals surface area contributed by atoms with Crippen molar-refractivity contribution >= 4 is 46.1 Å². The lowest BCUT2D eigenvalue weighted by Crippen LogP contribution is -2.28. The van der Waals surface area contributed by atoms with E-state index < -0.39 is 11.2 Å². The number of hydrogen-bond acceptors (Lipinski definition) is 4. The van der Waals surface area contributed by atoms with E-state index >= 15 is 0 Å². The Labute approximate surface area is 119 Å². The maximum Gasteiger partial charge on any atom is 0.305 e.